The number of hydrogen-bond donors (Lipinski definition) is 0. The van der Waals surface area contributed by atoms with Gasteiger partial charge in [0, 0.05) is 13.1 Å². The van der Waals surface area contributed by atoms with Gasteiger partial charge in [-0.1, -0.05) is 36.2 Å². The van der Waals surface area contributed by atoms with Gasteiger partial charge in [0.15, 0.2) is 11.5 Å². The van der Waals surface area contributed by atoms with Gasteiger partial charge < -0.3 is 9.47 Å². The first-order chi connectivity index (χ1) is 11.3. The fourth-order valence-corrected chi connectivity index (χ4v) is 5.74. The molecule has 0 aliphatic heterocycles. The number of methoxy groups -OCH3 is 2. The predicted molar refractivity (Wildman–Crippen MR) is 97.2 cm³/mol. The van der Waals surface area contributed by atoms with E-state index < -0.39 is 10.0 Å². The second-order valence-corrected chi connectivity index (χ2v) is 9.00. The van der Waals surface area contributed by atoms with Crippen molar-refractivity contribution in [2.75, 3.05) is 20.8 Å². The highest BCUT2D eigenvalue weighted by Crippen LogP contribution is 2.36. The number of benzene rings is 1. The van der Waals surface area contributed by atoms with Crippen molar-refractivity contribution in [1.29, 1.82) is 0 Å². The molecule has 0 radical (unpaired) electrons. The Bertz CT molecular complexity index is 821. The lowest BCUT2D eigenvalue weighted by atomic mass is 10.2. The molecule has 9 heteroatoms. The maximum atomic E-state index is 12.8. The molecule has 0 atom stereocenters. The highest BCUT2D eigenvalue weighted by atomic mass is 35.5. The molecule has 0 aliphatic rings. The number of ether oxygens (including phenoxy) is 2. The molecule has 5 nitrogen and oxygen atoms in total. The molecule has 0 amide bonds. The van der Waals surface area contributed by atoms with E-state index in [9.17, 15) is 8.42 Å². The van der Waals surface area contributed by atoms with E-state index >= 15 is 0 Å². The van der Waals surface area contributed by atoms with Gasteiger partial charge >= 0.3 is 0 Å². The second kappa shape index (κ2) is 7.93. The summed E-state index contributed by atoms with van der Waals surface area (Å²) in [6.07, 6.45) is 0. The zero-order valence-electron chi connectivity index (χ0n) is 13.4. The van der Waals surface area contributed by atoms with Crippen molar-refractivity contribution in [3.63, 3.8) is 0 Å². The van der Waals surface area contributed by atoms with Crippen molar-refractivity contribution in [1.82, 2.24) is 4.31 Å². The lowest BCUT2D eigenvalue weighted by Crippen LogP contribution is -2.30. The van der Waals surface area contributed by atoms with Crippen LogP contribution in [0.2, 0.25) is 8.67 Å². The van der Waals surface area contributed by atoms with Crippen LogP contribution in [0.4, 0.5) is 0 Å². The van der Waals surface area contributed by atoms with Crippen LogP contribution >= 0.6 is 34.5 Å². The molecule has 0 spiro atoms. The van der Waals surface area contributed by atoms with Crippen molar-refractivity contribution in [3.05, 3.63) is 38.5 Å². The van der Waals surface area contributed by atoms with E-state index in [4.69, 9.17) is 32.7 Å². The summed E-state index contributed by atoms with van der Waals surface area (Å²) in [6, 6.07) is 6.66. The molecule has 0 N–H and O–H groups in total. The summed E-state index contributed by atoms with van der Waals surface area (Å²) in [7, 11) is -0.664. The van der Waals surface area contributed by atoms with E-state index in [2.05, 4.69) is 0 Å². The molecule has 0 unspecified atom stereocenters. The van der Waals surface area contributed by atoms with Crippen molar-refractivity contribution in [2.24, 2.45) is 0 Å². The van der Waals surface area contributed by atoms with Crippen LogP contribution in [0.1, 0.15) is 12.5 Å². The van der Waals surface area contributed by atoms with E-state index in [-0.39, 0.29) is 15.8 Å². The van der Waals surface area contributed by atoms with E-state index in [1.54, 1.807) is 32.2 Å². The third kappa shape index (κ3) is 3.97. The predicted octanol–water partition coefficient (Wildman–Crippen LogP) is 4.28. The molecule has 0 bridgehead atoms. The topological polar surface area (TPSA) is 55.8 Å². The standard InChI is InChI=1S/C15H17Cl2NO4S2/c1-4-18(24(19,20)13-8-14(16)23-15(13)17)9-10-5-6-11(21-2)12(7-10)22-3/h5-8H,4,9H2,1-3H3. The summed E-state index contributed by atoms with van der Waals surface area (Å²) in [5, 5.41) is 0. The number of halogens is 2. The molecule has 2 rings (SSSR count). The maximum absolute atomic E-state index is 12.8. The molecule has 132 valence electrons. The highest BCUT2D eigenvalue weighted by molar-refractivity contribution is 7.89. The number of sulfonamides is 1. The van der Waals surface area contributed by atoms with Gasteiger partial charge in [0.1, 0.15) is 9.23 Å². The van der Waals surface area contributed by atoms with Crippen molar-refractivity contribution >= 4 is 44.6 Å². The van der Waals surface area contributed by atoms with Crippen molar-refractivity contribution < 1.29 is 17.9 Å². The molecule has 1 aromatic carbocycles. The molecule has 0 fully saturated rings. The number of thiophene rings is 1. The number of rotatable bonds is 7. The van der Waals surface area contributed by atoms with Crippen LogP contribution in [-0.4, -0.2) is 33.5 Å². The molecule has 24 heavy (non-hydrogen) atoms. The Balaban J connectivity index is 2.34. The normalized spacial score (nSPS) is 11.8. The Labute approximate surface area is 155 Å². The molecule has 0 saturated carbocycles. The van der Waals surface area contributed by atoms with Crippen molar-refractivity contribution in [2.45, 2.75) is 18.4 Å². The van der Waals surface area contributed by atoms with Gasteiger partial charge in [-0.05, 0) is 23.8 Å². The van der Waals surface area contributed by atoms with Crippen LogP contribution in [-0.2, 0) is 16.6 Å². The quantitative estimate of drug-likeness (QED) is 0.684. The Morgan fingerprint density at radius 3 is 2.29 bits per heavy atom. The zero-order chi connectivity index (χ0) is 17.9. The van der Waals surface area contributed by atoms with Gasteiger partial charge in [0.2, 0.25) is 10.0 Å². The molecule has 0 aliphatic carbocycles. The molecule has 0 saturated heterocycles. The average Bonchev–Trinajstić information content (AvgIpc) is 2.91. The van der Waals surface area contributed by atoms with Gasteiger partial charge in [-0.25, -0.2) is 8.42 Å². The maximum Gasteiger partial charge on any atom is 0.245 e. The van der Waals surface area contributed by atoms with E-state index in [0.29, 0.717) is 22.4 Å². The van der Waals surface area contributed by atoms with E-state index in [0.717, 1.165) is 16.9 Å². The lowest BCUT2D eigenvalue weighted by molar-refractivity contribution is 0.353. The fourth-order valence-electron chi connectivity index (χ4n) is 2.19. The van der Waals surface area contributed by atoms with Crippen LogP contribution in [0.5, 0.6) is 11.5 Å². The van der Waals surface area contributed by atoms with Crippen molar-refractivity contribution in [3.8, 4) is 11.5 Å². The fraction of sp³-hybridized carbons (Fsp3) is 0.333. The first-order valence-electron chi connectivity index (χ1n) is 6.99. The Morgan fingerprint density at radius 1 is 1.12 bits per heavy atom. The van der Waals surface area contributed by atoms with E-state index in [1.807, 2.05) is 0 Å². The van der Waals surface area contributed by atoms with Crippen LogP contribution in [0, 0.1) is 0 Å². The monoisotopic (exact) mass is 409 g/mol. The van der Waals surface area contributed by atoms with Crippen LogP contribution in [0.15, 0.2) is 29.2 Å². The summed E-state index contributed by atoms with van der Waals surface area (Å²) in [5.74, 6) is 1.12. The second-order valence-electron chi connectivity index (χ2n) is 4.81. The first-order valence-corrected chi connectivity index (χ1v) is 10.0. The Morgan fingerprint density at radius 2 is 1.79 bits per heavy atom. The largest absolute Gasteiger partial charge is 0.493 e. The van der Waals surface area contributed by atoms with Gasteiger partial charge in [-0.15, -0.1) is 11.3 Å². The van der Waals surface area contributed by atoms with Crippen LogP contribution in [0.3, 0.4) is 0 Å². The molecule has 1 heterocycles. The Kier molecular flexibility index (Phi) is 6.39. The molecular weight excluding hydrogens is 393 g/mol. The summed E-state index contributed by atoms with van der Waals surface area (Å²) in [5.41, 5.74) is 0.774. The number of nitrogens with zero attached hydrogens (tertiary/aromatic N) is 1. The lowest BCUT2D eigenvalue weighted by Gasteiger charge is -2.20. The van der Waals surface area contributed by atoms with Crippen LogP contribution in [0.25, 0.3) is 0 Å². The third-order valence-electron chi connectivity index (χ3n) is 3.40. The smallest absolute Gasteiger partial charge is 0.245 e. The van der Waals surface area contributed by atoms with E-state index in [1.165, 1.54) is 17.5 Å². The summed E-state index contributed by atoms with van der Waals surface area (Å²) in [4.78, 5) is 0.0292. The minimum absolute atomic E-state index is 0.0292. The van der Waals surface area contributed by atoms with Gasteiger partial charge in [-0.3, -0.25) is 0 Å². The molecular formula is C15H17Cl2NO4S2. The third-order valence-corrected chi connectivity index (χ3v) is 7.08. The zero-order valence-corrected chi connectivity index (χ0v) is 16.5. The summed E-state index contributed by atoms with van der Waals surface area (Å²) >= 11 is 12.9. The minimum atomic E-state index is -3.74. The summed E-state index contributed by atoms with van der Waals surface area (Å²) < 4.78 is 37.9. The van der Waals surface area contributed by atoms with Gasteiger partial charge in [0.05, 0.1) is 18.6 Å². The molecule has 2 aromatic rings. The van der Waals surface area contributed by atoms with Crippen LogP contribution < -0.4 is 9.47 Å². The van der Waals surface area contributed by atoms with Gasteiger partial charge in [-0.2, -0.15) is 4.31 Å². The SMILES string of the molecule is CCN(Cc1ccc(OC)c(OC)c1)S(=O)(=O)c1cc(Cl)sc1Cl. The number of hydrogen-bond acceptors (Lipinski definition) is 5. The highest BCUT2D eigenvalue weighted by Gasteiger charge is 2.28. The van der Waals surface area contributed by atoms with Gasteiger partial charge in [0.25, 0.3) is 0 Å². The minimum Gasteiger partial charge on any atom is -0.493 e. The first kappa shape index (κ1) is 19.3. The Hall–Kier alpha value is -0.990. The average molecular weight is 410 g/mol. The summed E-state index contributed by atoms with van der Waals surface area (Å²) in [6.45, 7) is 2.24. The molecule has 1 aromatic heterocycles.